The quantitative estimate of drug-likeness (QED) is 0.673. The molecule has 2 aliphatic carbocycles. The lowest BCUT2D eigenvalue weighted by Gasteiger charge is -2.51. The highest BCUT2D eigenvalue weighted by Crippen LogP contribution is 2.57. The minimum Gasteiger partial charge on any atom is -0.488 e. The van der Waals surface area contributed by atoms with Crippen LogP contribution in [0.5, 0.6) is 5.75 Å². The first-order chi connectivity index (χ1) is 8.63. The van der Waals surface area contributed by atoms with Gasteiger partial charge in [-0.15, -0.1) is 11.6 Å². The molecule has 0 amide bonds. The van der Waals surface area contributed by atoms with E-state index in [2.05, 4.69) is 0 Å². The van der Waals surface area contributed by atoms with Gasteiger partial charge in [-0.05, 0) is 25.0 Å². The van der Waals surface area contributed by atoms with E-state index in [1.165, 1.54) is 25.7 Å². The van der Waals surface area contributed by atoms with Crippen molar-refractivity contribution in [1.82, 2.24) is 0 Å². The lowest BCUT2D eigenvalue weighted by atomic mass is 9.64. The van der Waals surface area contributed by atoms with Crippen LogP contribution in [0.4, 0.5) is 0 Å². The number of rotatable bonds is 2. The smallest absolute Gasteiger partial charge is 0.139 e. The number of benzene rings is 1. The molecule has 4 heteroatoms. The number of ether oxygens (including phenoxy) is 1. The molecule has 1 aromatic rings. The molecule has 2 saturated carbocycles. The normalized spacial score (nSPS) is 29.3. The SMILES string of the molecule is Clc1cccc(OC2CC(Cl)C23CCCC3)c1Cl. The van der Waals surface area contributed by atoms with Crippen molar-refractivity contribution < 1.29 is 4.74 Å². The van der Waals surface area contributed by atoms with Gasteiger partial charge in [0.2, 0.25) is 0 Å². The summed E-state index contributed by atoms with van der Waals surface area (Å²) in [6.45, 7) is 0. The fraction of sp³-hybridized carbons (Fsp3) is 0.571. The maximum absolute atomic E-state index is 6.41. The zero-order valence-electron chi connectivity index (χ0n) is 9.96. The zero-order chi connectivity index (χ0) is 12.8. The average Bonchev–Trinajstić information content (AvgIpc) is 2.86. The van der Waals surface area contributed by atoms with Crippen molar-refractivity contribution in [3.05, 3.63) is 28.2 Å². The van der Waals surface area contributed by atoms with Crippen molar-refractivity contribution in [2.45, 2.75) is 43.6 Å². The predicted molar refractivity (Wildman–Crippen MR) is 76.0 cm³/mol. The van der Waals surface area contributed by atoms with E-state index >= 15 is 0 Å². The maximum atomic E-state index is 6.41. The lowest BCUT2D eigenvalue weighted by Crippen LogP contribution is -2.55. The zero-order valence-corrected chi connectivity index (χ0v) is 12.2. The number of alkyl halides is 1. The summed E-state index contributed by atoms with van der Waals surface area (Å²) in [4.78, 5) is 0. The fourth-order valence-corrected chi connectivity index (χ4v) is 4.12. The third-order valence-electron chi connectivity index (χ3n) is 4.41. The van der Waals surface area contributed by atoms with Gasteiger partial charge < -0.3 is 4.74 Å². The van der Waals surface area contributed by atoms with E-state index in [0.29, 0.717) is 15.8 Å². The molecule has 0 saturated heterocycles. The summed E-state index contributed by atoms with van der Waals surface area (Å²) in [5, 5.41) is 1.30. The van der Waals surface area contributed by atoms with Crippen LogP contribution in [0.3, 0.4) is 0 Å². The van der Waals surface area contributed by atoms with Crippen molar-refractivity contribution in [2.75, 3.05) is 0 Å². The molecule has 98 valence electrons. The first-order valence-corrected chi connectivity index (χ1v) is 7.57. The Morgan fingerprint density at radius 2 is 1.89 bits per heavy atom. The molecule has 1 spiro atoms. The molecule has 0 aromatic heterocycles. The summed E-state index contributed by atoms with van der Waals surface area (Å²) in [5.41, 5.74) is 0.174. The van der Waals surface area contributed by atoms with Gasteiger partial charge in [-0.3, -0.25) is 0 Å². The Labute approximate surface area is 122 Å². The Kier molecular flexibility index (Phi) is 3.42. The molecule has 0 radical (unpaired) electrons. The Balaban J connectivity index is 1.79. The van der Waals surface area contributed by atoms with Crippen LogP contribution < -0.4 is 4.74 Å². The van der Waals surface area contributed by atoms with Gasteiger partial charge in [-0.1, -0.05) is 42.1 Å². The molecule has 3 rings (SSSR count). The van der Waals surface area contributed by atoms with Crippen LogP contribution in [0.1, 0.15) is 32.1 Å². The van der Waals surface area contributed by atoms with Crippen LogP contribution >= 0.6 is 34.8 Å². The molecule has 2 aliphatic rings. The Bertz CT molecular complexity index is 454. The van der Waals surface area contributed by atoms with Gasteiger partial charge in [-0.25, -0.2) is 0 Å². The third kappa shape index (κ3) is 1.92. The highest BCUT2D eigenvalue weighted by molar-refractivity contribution is 6.42. The Morgan fingerprint density at radius 3 is 2.56 bits per heavy atom. The minimum absolute atomic E-state index is 0.174. The van der Waals surface area contributed by atoms with Crippen LogP contribution in [-0.4, -0.2) is 11.5 Å². The number of hydrogen-bond acceptors (Lipinski definition) is 1. The summed E-state index contributed by atoms with van der Waals surface area (Å²) in [6, 6.07) is 5.51. The molecule has 1 nitrogen and oxygen atoms in total. The van der Waals surface area contributed by atoms with Gasteiger partial charge in [-0.2, -0.15) is 0 Å². The van der Waals surface area contributed by atoms with Crippen molar-refractivity contribution >= 4 is 34.8 Å². The largest absolute Gasteiger partial charge is 0.488 e. The van der Waals surface area contributed by atoms with Crippen LogP contribution in [-0.2, 0) is 0 Å². The summed E-state index contributed by atoms with van der Waals surface area (Å²) in [5.74, 6) is 0.684. The summed E-state index contributed by atoms with van der Waals surface area (Å²) >= 11 is 18.6. The topological polar surface area (TPSA) is 9.23 Å². The second-order valence-corrected chi connectivity index (χ2v) is 6.61. The standard InChI is InChI=1S/C14H15Cl3O/c15-9-4-3-5-10(13(9)17)18-12-8-11(16)14(12)6-1-2-7-14/h3-5,11-12H,1-2,6-8H2. The highest BCUT2D eigenvalue weighted by Gasteiger charge is 2.57. The maximum Gasteiger partial charge on any atom is 0.139 e. The summed E-state index contributed by atoms with van der Waals surface area (Å²) in [7, 11) is 0. The van der Waals surface area contributed by atoms with Crippen LogP contribution in [0.2, 0.25) is 10.0 Å². The number of halogens is 3. The fourth-order valence-electron chi connectivity index (χ4n) is 3.26. The van der Waals surface area contributed by atoms with E-state index in [4.69, 9.17) is 39.5 Å². The van der Waals surface area contributed by atoms with Gasteiger partial charge in [0.05, 0.1) is 5.02 Å². The van der Waals surface area contributed by atoms with Crippen molar-refractivity contribution in [3.63, 3.8) is 0 Å². The van der Waals surface area contributed by atoms with Crippen molar-refractivity contribution in [2.24, 2.45) is 5.41 Å². The van der Waals surface area contributed by atoms with E-state index in [9.17, 15) is 0 Å². The molecule has 2 fully saturated rings. The first-order valence-electron chi connectivity index (χ1n) is 6.38. The summed E-state index contributed by atoms with van der Waals surface area (Å²) < 4.78 is 6.07. The Hall–Kier alpha value is -0.110. The minimum atomic E-state index is 0.174. The van der Waals surface area contributed by atoms with Gasteiger partial charge in [0.1, 0.15) is 16.9 Å². The van der Waals surface area contributed by atoms with E-state index in [-0.39, 0.29) is 16.9 Å². The molecular weight excluding hydrogens is 291 g/mol. The van der Waals surface area contributed by atoms with E-state index in [0.717, 1.165) is 6.42 Å². The molecule has 2 unspecified atom stereocenters. The first kappa shape index (κ1) is 12.9. The van der Waals surface area contributed by atoms with Crippen molar-refractivity contribution in [1.29, 1.82) is 0 Å². The average molecular weight is 306 g/mol. The summed E-state index contributed by atoms with van der Waals surface area (Å²) in [6.07, 6.45) is 5.95. The third-order valence-corrected chi connectivity index (χ3v) is 5.82. The lowest BCUT2D eigenvalue weighted by molar-refractivity contribution is -0.0354. The molecular formula is C14H15Cl3O. The second-order valence-electron chi connectivity index (χ2n) is 5.30. The van der Waals surface area contributed by atoms with Gasteiger partial charge in [0.25, 0.3) is 0 Å². The molecule has 0 heterocycles. The van der Waals surface area contributed by atoms with Crippen LogP contribution in [0.25, 0.3) is 0 Å². The monoisotopic (exact) mass is 304 g/mol. The van der Waals surface area contributed by atoms with Crippen molar-refractivity contribution in [3.8, 4) is 5.75 Å². The molecule has 2 atom stereocenters. The number of hydrogen-bond donors (Lipinski definition) is 0. The second kappa shape index (κ2) is 4.77. The molecule has 0 N–H and O–H groups in total. The Morgan fingerprint density at radius 1 is 1.17 bits per heavy atom. The molecule has 0 bridgehead atoms. The van der Waals surface area contributed by atoms with E-state index < -0.39 is 0 Å². The predicted octanol–water partition coefficient (Wildman–Crippen LogP) is 5.31. The molecule has 0 aliphatic heterocycles. The highest BCUT2D eigenvalue weighted by atomic mass is 35.5. The molecule has 1 aromatic carbocycles. The van der Waals surface area contributed by atoms with Gasteiger partial charge in [0.15, 0.2) is 0 Å². The molecule has 18 heavy (non-hydrogen) atoms. The van der Waals surface area contributed by atoms with Gasteiger partial charge >= 0.3 is 0 Å². The van der Waals surface area contributed by atoms with Crippen LogP contribution in [0.15, 0.2) is 18.2 Å². The van der Waals surface area contributed by atoms with Gasteiger partial charge in [0, 0.05) is 17.2 Å². The van der Waals surface area contributed by atoms with E-state index in [1.54, 1.807) is 6.07 Å². The van der Waals surface area contributed by atoms with Crippen LogP contribution in [0, 0.1) is 5.41 Å². The van der Waals surface area contributed by atoms with E-state index in [1.807, 2.05) is 12.1 Å².